The topological polar surface area (TPSA) is 35.2 Å². The van der Waals surface area contributed by atoms with Crippen LogP contribution >= 0.6 is 15.9 Å². The minimum absolute atomic E-state index is 0.0537. The van der Waals surface area contributed by atoms with Gasteiger partial charge in [-0.15, -0.1) is 0 Å². The van der Waals surface area contributed by atoms with E-state index in [2.05, 4.69) is 29.8 Å². The summed E-state index contributed by atoms with van der Waals surface area (Å²) < 4.78 is 6.37. The molecule has 0 bridgehead atoms. The molecule has 2 nitrogen and oxygen atoms in total. The second-order valence-electron chi connectivity index (χ2n) is 4.24. The number of ether oxygens (including phenoxy) is 1. The highest BCUT2D eigenvalue weighted by molar-refractivity contribution is 9.10. The molecular weight excluding hydrogens is 266 g/mol. The van der Waals surface area contributed by atoms with E-state index in [4.69, 9.17) is 10.5 Å². The molecular formula is C13H20BrNO. The first-order valence-electron chi connectivity index (χ1n) is 5.67. The number of rotatable bonds is 5. The maximum absolute atomic E-state index is 6.20. The summed E-state index contributed by atoms with van der Waals surface area (Å²) in [4.78, 5) is 0. The maximum Gasteiger partial charge on any atom is 0.124 e. The van der Waals surface area contributed by atoms with Gasteiger partial charge in [0.2, 0.25) is 0 Å². The molecule has 2 atom stereocenters. The average Bonchev–Trinajstić information content (AvgIpc) is 2.28. The van der Waals surface area contributed by atoms with Crippen LogP contribution in [0.2, 0.25) is 0 Å². The van der Waals surface area contributed by atoms with Crippen molar-refractivity contribution in [2.75, 3.05) is 7.11 Å². The zero-order valence-electron chi connectivity index (χ0n) is 10.2. The van der Waals surface area contributed by atoms with E-state index in [-0.39, 0.29) is 6.04 Å². The molecule has 2 N–H and O–H groups in total. The number of methoxy groups -OCH3 is 1. The number of halogens is 1. The first-order chi connectivity index (χ1) is 7.58. The largest absolute Gasteiger partial charge is 0.496 e. The van der Waals surface area contributed by atoms with Crippen LogP contribution in [-0.2, 0) is 0 Å². The molecule has 0 amide bonds. The highest BCUT2D eigenvalue weighted by atomic mass is 79.9. The molecule has 1 aromatic carbocycles. The average molecular weight is 286 g/mol. The van der Waals surface area contributed by atoms with Gasteiger partial charge >= 0.3 is 0 Å². The predicted molar refractivity (Wildman–Crippen MR) is 71.7 cm³/mol. The normalized spacial score (nSPS) is 14.6. The summed E-state index contributed by atoms with van der Waals surface area (Å²) in [6.45, 7) is 4.42. The third-order valence-electron chi connectivity index (χ3n) is 2.95. The number of hydrogen-bond donors (Lipinski definition) is 1. The second-order valence-corrected chi connectivity index (χ2v) is 5.16. The molecule has 1 aromatic rings. The Balaban J connectivity index is 2.85. The molecule has 16 heavy (non-hydrogen) atoms. The van der Waals surface area contributed by atoms with Gasteiger partial charge < -0.3 is 10.5 Å². The third-order valence-corrected chi connectivity index (χ3v) is 3.44. The molecule has 0 saturated carbocycles. The first kappa shape index (κ1) is 13.5. The molecule has 90 valence electrons. The Morgan fingerprint density at radius 2 is 2.12 bits per heavy atom. The van der Waals surface area contributed by atoms with Crippen LogP contribution in [0, 0.1) is 5.92 Å². The SMILES string of the molecule is CCC(C)CC(N)c1ccc(Br)cc1OC. The van der Waals surface area contributed by atoms with Gasteiger partial charge in [0.15, 0.2) is 0 Å². The Hall–Kier alpha value is -0.540. The van der Waals surface area contributed by atoms with Gasteiger partial charge in [-0.2, -0.15) is 0 Å². The smallest absolute Gasteiger partial charge is 0.124 e. The Kier molecular flexibility index (Phi) is 5.29. The Labute approximate surface area is 106 Å². The summed E-state index contributed by atoms with van der Waals surface area (Å²) in [5, 5.41) is 0. The van der Waals surface area contributed by atoms with E-state index >= 15 is 0 Å². The van der Waals surface area contributed by atoms with E-state index in [0.29, 0.717) is 5.92 Å². The van der Waals surface area contributed by atoms with Crippen molar-refractivity contribution in [1.82, 2.24) is 0 Å². The quantitative estimate of drug-likeness (QED) is 0.891. The van der Waals surface area contributed by atoms with Crippen molar-refractivity contribution in [2.24, 2.45) is 11.7 Å². The molecule has 0 fully saturated rings. The molecule has 0 spiro atoms. The summed E-state index contributed by atoms with van der Waals surface area (Å²) in [6.07, 6.45) is 2.15. The highest BCUT2D eigenvalue weighted by Gasteiger charge is 2.14. The van der Waals surface area contributed by atoms with Crippen molar-refractivity contribution < 1.29 is 4.74 Å². The summed E-state index contributed by atoms with van der Waals surface area (Å²) >= 11 is 3.43. The van der Waals surface area contributed by atoms with Crippen molar-refractivity contribution in [3.05, 3.63) is 28.2 Å². The zero-order valence-corrected chi connectivity index (χ0v) is 11.8. The Morgan fingerprint density at radius 1 is 1.44 bits per heavy atom. The summed E-state index contributed by atoms with van der Waals surface area (Å²) in [7, 11) is 1.68. The molecule has 0 aromatic heterocycles. The van der Waals surface area contributed by atoms with Crippen LogP contribution in [0.25, 0.3) is 0 Å². The van der Waals surface area contributed by atoms with Gasteiger partial charge in [-0.25, -0.2) is 0 Å². The molecule has 0 aliphatic heterocycles. The first-order valence-corrected chi connectivity index (χ1v) is 6.46. The maximum atomic E-state index is 6.20. The number of benzene rings is 1. The molecule has 0 heterocycles. The van der Waals surface area contributed by atoms with Gasteiger partial charge in [0.05, 0.1) is 7.11 Å². The lowest BCUT2D eigenvalue weighted by Crippen LogP contribution is -2.14. The van der Waals surface area contributed by atoms with E-state index in [9.17, 15) is 0 Å². The zero-order chi connectivity index (χ0) is 12.1. The van der Waals surface area contributed by atoms with Gasteiger partial charge in [-0.3, -0.25) is 0 Å². The van der Waals surface area contributed by atoms with E-state index in [1.54, 1.807) is 7.11 Å². The van der Waals surface area contributed by atoms with Gasteiger partial charge in [0.25, 0.3) is 0 Å². The van der Waals surface area contributed by atoms with Crippen molar-refractivity contribution in [2.45, 2.75) is 32.7 Å². The molecule has 0 saturated heterocycles. The van der Waals surface area contributed by atoms with Crippen LogP contribution in [0.4, 0.5) is 0 Å². The molecule has 0 radical (unpaired) electrons. The van der Waals surface area contributed by atoms with E-state index < -0.39 is 0 Å². The lowest BCUT2D eigenvalue weighted by molar-refractivity contribution is 0.395. The molecule has 2 unspecified atom stereocenters. The molecule has 1 rings (SSSR count). The Bertz CT molecular complexity index is 341. The number of nitrogens with two attached hydrogens (primary N) is 1. The third kappa shape index (κ3) is 3.49. The lowest BCUT2D eigenvalue weighted by Gasteiger charge is -2.19. The fourth-order valence-corrected chi connectivity index (χ4v) is 2.06. The molecule has 3 heteroatoms. The van der Waals surface area contributed by atoms with Crippen LogP contribution < -0.4 is 10.5 Å². The monoisotopic (exact) mass is 285 g/mol. The van der Waals surface area contributed by atoms with Crippen LogP contribution in [0.1, 0.15) is 38.3 Å². The highest BCUT2D eigenvalue weighted by Crippen LogP contribution is 2.30. The summed E-state index contributed by atoms with van der Waals surface area (Å²) in [6, 6.07) is 6.06. The fraction of sp³-hybridized carbons (Fsp3) is 0.538. The van der Waals surface area contributed by atoms with Crippen molar-refractivity contribution in [1.29, 1.82) is 0 Å². The molecule has 0 aliphatic rings. The second kappa shape index (κ2) is 6.26. The predicted octanol–water partition coefficient (Wildman–Crippen LogP) is 3.89. The number of hydrogen-bond acceptors (Lipinski definition) is 2. The van der Waals surface area contributed by atoms with Crippen LogP contribution in [0.15, 0.2) is 22.7 Å². The van der Waals surface area contributed by atoms with Gasteiger partial charge in [-0.05, 0) is 24.5 Å². The van der Waals surface area contributed by atoms with Crippen molar-refractivity contribution in [3.63, 3.8) is 0 Å². The van der Waals surface area contributed by atoms with Crippen LogP contribution in [0.5, 0.6) is 5.75 Å². The van der Waals surface area contributed by atoms with Gasteiger partial charge in [-0.1, -0.05) is 42.3 Å². The van der Waals surface area contributed by atoms with Crippen molar-refractivity contribution in [3.8, 4) is 5.75 Å². The Morgan fingerprint density at radius 3 is 2.69 bits per heavy atom. The summed E-state index contributed by atoms with van der Waals surface area (Å²) in [5.74, 6) is 1.51. The molecule has 0 aliphatic carbocycles. The standard InChI is InChI=1S/C13H20BrNO/c1-4-9(2)7-12(15)11-6-5-10(14)8-13(11)16-3/h5-6,8-9,12H,4,7,15H2,1-3H3. The minimum Gasteiger partial charge on any atom is -0.496 e. The van der Waals surface area contributed by atoms with Crippen molar-refractivity contribution >= 4 is 15.9 Å². The van der Waals surface area contributed by atoms with E-state index in [1.165, 1.54) is 0 Å². The van der Waals surface area contributed by atoms with Crippen LogP contribution in [-0.4, -0.2) is 7.11 Å². The fourth-order valence-electron chi connectivity index (χ4n) is 1.72. The minimum atomic E-state index is 0.0537. The van der Waals surface area contributed by atoms with Gasteiger partial charge in [0.1, 0.15) is 5.75 Å². The van der Waals surface area contributed by atoms with E-state index in [0.717, 1.165) is 28.6 Å². The summed E-state index contributed by atoms with van der Waals surface area (Å²) in [5.41, 5.74) is 7.29. The van der Waals surface area contributed by atoms with Crippen LogP contribution in [0.3, 0.4) is 0 Å². The lowest BCUT2D eigenvalue weighted by atomic mass is 9.94. The van der Waals surface area contributed by atoms with Gasteiger partial charge in [0, 0.05) is 16.1 Å². The van der Waals surface area contributed by atoms with E-state index in [1.807, 2.05) is 18.2 Å².